The number of amides is 2. The zero-order chi connectivity index (χ0) is 14.5. The van der Waals surface area contributed by atoms with Crippen LogP contribution in [0.3, 0.4) is 0 Å². The van der Waals surface area contributed by atoms with Crippen LogP contribution in [0.4, 0.5) is 5.69 Å². The van der Waals surface area contributed by atoms with Crippen molar-refractivity contribution in [1.29, 1.82) is 0 Å². The van der Waals surface area contributed by atoms with E-state index in [1.54, 1.807) is 24.3 Å². The number of carbonyl (C=O) groups excluding carboxylic acids is 2. The molecule has 0 bridgehead atoms. The van der Waals surface area contributed by atoms with E-state index in [0.717, 1.165) is 19.3 Å². The summed E-state index contributed by atoms with van der Waals surface area (Å²) in [4.78, 5) is 23.7. The lowest BCUT2D eigenvalue weighted by atomic mass is 10.0. The highest BCUT2D eigenvalue weighted by Gasteiger charge is 2.30. The SMILES string of the molecule is CCNC(=O)c1ccc(NC(=O)C2CCCC2N)cc1. The molecule has 0 aliphatic heterocycles. The summed E-state index contributed by atoms with van der Waals surface area (Å²) < 4.78 is 0. The highest BCUT2D eigenvalue weighted by molar-refractivity contribution is 5.96. The molecule has 4 N–H and O–H groups in total. The van der Waals surface area contributed by atoms with Gasteiger partial charge in [0, 0.05) is 23.8 Å². The zero-order valence-electron chi connectivity index (χ0n) is 11.7. The van der Waals surface area contributed by atoms with Crippen LogP contribution < -0.4 is 16.4 Å². The third-order valence-corrected chi connectivity index (χ3v) is 3.66. The summed E-state index contributed by atoms with van der Waals surface area (Å²) >= 11 is 0. The van der Waals surface area contributed by atoms with E-state index in [1.807, 2.05) is 6.92 Å². The second-order valence-corrected chi connectivity index (χ2v) is 5.13. The first-order chi connectivity index (χ1) is 9.61. The summed E-state index contributed by atoms with van der Waals surface area (Å²) in [6.07, 6.45) is 2.77. The first-order valence-electron chi connectivity index (χ1n) is 7.06. The minimum absolute atomic E-state index is 0.0271. The maximum absolute atomic E-state index is 12.1. The highest BCUT2D eigenvalue weighted by atomic mass is 16.2. The third kappa shape index (κ3) is 3.36. The molecule has 0 heterocycles. The standard InChI is InChI=1S/C15H21N3O2/c1-2-17-14(19)10-6-8-11(9-7-10)18-15(20)12-4-3-5-13(12)16/h6-9,12-13H,2-5,16H2,1H3,(H,17,19)(H,18,20). The molecule has 0 saturated heterocycles. The van der Waals surface area contributed by atoms with Crippen LogP contribution in [0.25, 0.3) is 0 Å². The molecule has 1 aliphatic rings. The quantitative estimate of drug-likeness (QED) is 0.778. The molecular weight excluding hydrogens is 254 g/mol. The normalized spacial score (nSPS) is 21.5. The van der Waals surface area contributed by atoms with Gasteiger partial charge < -0.3 is 16.4 Å². The summed E-state index contributed by atoms with van der Waals surface area (Å²) in [6, 6.07) is 6.85. The van der Waals surface area contributed by atoms with E-state index in [9.17, 15) is 9.59 Å². The molecule has 108 valence electrons. The van der Waals surface area contributed by atoms with E-state index >= 15 is 0 Å². The van der Waals surface area contributed by atoms with Gasteiger partial charge >= 0.3 is 0 Å². The Morgan fingerprint density at radius 2 is 1.95 bits per heavy atom. The van der Waals surface area contributed by atoms with Crippen molar-refractivity contribution in [3.8, 4) is 0 Å². The molecular formula is C15H21N3O2. The van der Waals surface area contributed by atoms with Gasteiger partial charge in [-0.25, -0.2) is 0 Å². The predicted molar refractivity (Wildman–Crippen MR) is 78.4 cm³/mol. The second-order valence-electron chi connectivity index (χ2n) is 5.13. The van der Waals surface area contributed by atoms with Gasteiger partial charge in [0.1, 0.15) is 0 Å². The van der Waals surface area contributed by atoms with Crippen LogP contribution in [0.2, 0.25) is 0 Å². The van der Waals surface area contributed by atoms with Crippen LogP contribution in [-0.2, 0) is 4.79 Å². The molecule has 1 aromatic carbocycles. The van der Waals surface area contributed by atoms with Gasteiger partial charge in [-0.2, -0.15) is 0 Å². The minimum atomic E-state index is -0.108. The van der Waals surface area contributed by atoms with Crippen molar-refractivity contribution in [3.05, 3.63) is 29.8 Å². The maximum atomic E-state index is 12.1. The number of benzene rings is 1. The Morgan fingerprint density at radius 3 is 2.50 bits per heavy atom. The summed E-state index contributed by atoms with van der Waals surface area (Å²) in [5.74, 6) is -0.234. The average Bonchev–Trinajstić information content (AvgIpc) is 2.86. The average molecular weight is 275 g/mol. The molecule has 0 spiro atoms. The number of hydrogen-bond acceptors (Lipinski definition) is 3. The fourth-order valence-electron chi connectivity index (χ4n) is 2.52. The molecule has 1 aromatic rings. The Bertz CT molecular complexity index is 484. The van der Waals surface area contributed by atoms with Gasteiger partial charge in [0.2, 0.25) is 5.91 Å². The van der Waals surface area contributed by atoms with Crippen molar-refractivity contribution in [2.75, 3.05) is 11.9 Å². The lowest BCUT2D eigenvalue weighted by Crippen LogP contribution is -2.34. The fraction of sp³-hybridized carbons (Fsp3) is 0.467. The Balaban J connectivity index is 1.96. The van der Waals surface area contributed by atoms with E-state index in [-0.39, 0.29) is 23.8 Å². The van der Waals surface area contributed by atoms with Crippen molar-refractivity contribution in [2.24, 2.45) is 11.7 Å². The summed E-state index contributed by atoms with van der Waals surface area (Å²) in [5, 5.41) is 5.59. The largest absolute Gasteiger partial charge is 0.352 e. The third-order valence-electron chi connectivity index (χ3n) is 3.66. The van der Waals surface area contributed by atoms with Crippen LogP contribution in [0.5, 0.6) is 0 Å². The first kappa shape index (κ1) is 14.5. The van der Waals surface area contributed by atoms with E-state index in [4.69, 9.17) is 5.73 Å². The summed E-state index contributed by atoms with van der Waals surface area (Å²) in [6.45, 7) is 2.47. The maximum Gasteiger partial charge on any atom is 0.251 e. The van der Waals surface area contributed by atoms with Gasteiger partial charge in [0.25, 0.3) is 5.91 Å². The number of carbonyl (C=O) groups is 2. The van der Waals surface area contributed by atoms with Crippen molar-refractivity contribution in [2.45, 2.75) is 32.2 Å². The van der Waals surface area contributed by atoms with Crippen molar-refractivity contribution in [1.82, 2.24) is 5.32 Å². The van der Waals surface area contributed by atoms with E-state index < -0.39 is 0 Å². The van der Waals surface area contributed by atoms with Crippen LogP contribution in [0.15, 0.2) is 24.3 Å². The lowest BCUT2D eigenvalue weighted by molar-refractivity contribution is -0.120. The number of anilines is 1. The molecule has 5 nitrogen and oxygen atoms in total. The molecule has 2 unspecified atom stereocenters. The van der Waals surface area contributed by atoms with Crippen LogP contribution in [0, 0.1) is 5.92 Å². The molecule has 2 amide bonds. The van der Waals surface area contributed by atoms with E-state index in [1.165, 1.54) is 0 Å². The molecule has 1 aliphatic carbocycles. The number of rotatable bonds is 4. The van der Waals surface area contributed by atoms with Gasteiger partial charge in [-0.1, -0.05) is 6.42 Å². The fourth-order valence-corrected chi connectivity index (χ4v) is 2.52. The molecule has 0 radical (unpaired) electrons. The minimum Gasteiger partial charge on any atom is -0.352 e. The topological polar surface area (TPSA) is 84.2 Å². The molecule has 1 fully saturated rings. The van der Waals surface area contributed by atoms with Gasteiger partial charge in [-0.05, 0) is 44.0 Å². The molecule has 20 heavy (non-hydrogen) atoms. The molecule has 1 saturated carbocycles. The Labute approximate surface area is 118 Å². The van der Waals surface area contributed by atoms with Crippen molar-refractivity contribution < 1.29 is 9.59 Å². The van der Waals surface area contributed by atoms with Gasteiger partial charge in [-0.15, -0.1) is 0 Å². The van der Waals surface area contributed by atoms with Gasteiger partial charge in [0.15, 0.2) is 0 Å². The Hall–Kier alpha value is -1.88. The van der Waals surface area contributed by atoms with Crippen molar-refractivity contribution in [3.63, 3.8) is 0 Å². The lowest BCUT2D eigenvalue weighted by Gasteiger charge is -2.15. The first-order valence-corrected chi connectivity index (χ1v) is 7.06. The number of hydrogen-bond donors (Lipinski definition) is 3. The highest BCUT2D eigenvalue weighted by Crippen LogP contribution is 2.25. The zero-order valence-corrected chi connectivity index (χ0v) is 11.7. The molecule has 5 heteroatoms. The van der Waals surface area contributed by atoms with Crippen LogP contribution in [-0.4, -0.2) is 24.4 Å². The van der Waals surface area contributed by atoms with E-state index in [2.05, 4.69) is 10.6 Å². The summed E-state index contributed by atoms with van der Waals surface area (Å²) in [7, 11) is 0. The molecule has 2 rings (SSSR count). The summed E-state index contributed by atoms with van der Waals surface area (Å²) in [5.41, 5.74) is 7.20. The molecule has 0 aromatic heterocycles. The second kappa shape index (κ2) is 6.52. The number of nitrogens with two attached hydrogens (primary N) is 1. The number of nitrogens with one attached hydrogen (secondary N) is 2. The molecule has 2 atom stereocenters. The smallest absolute Gasteiger partial charge is 0.251 e. The Kier molecular flexibility index (Phi) is 4.74. The van der Waals surface area contributed by atoms with Gasteiger partial charge in [-0.3, -0.25) is 9.59 Å². The van der Waals surface area contributed by atoms with E-state index in [0.29, 0.717) is 17.8 Å². The predicted octanol–water partition coefficient (Wildman–Crippen LogP) is 1.50. The van der Waals surface area contributed by atoms with Crippen molar-refractivity contribution >= 4 is 17.5 Å². The van der Waals surface area contributed by atoms with Gasteiger partial charge in [0.05, 0.1) is 5.92 Å². The monoisotopic (exact) mass is 275 g/mol. The Morgan fingerprint density at radius 1 is 1.25 bits per heavy atom. The van der Waals surface area contributed by atoms with Crippen LogP contribution in [0.1, 0.15) is 36.5 Å². The van der Waals surface area contributed by atoms with Crippen LogP contribution >= 0.6 is 0 Å².